The zero-order valence-electron chi connectivity index (χ0n) is 22.6. The van der Waals surface area contributed by atoms with Crippen molar-refractivity contribution in [2.75, 3.05) is 44.2 Å². The van der Waals surface area contributed by atoms with Gasteiger partial charge in [-0.15, -0.1) is 37.2 Å². The molecule has 1 saturated heterocycles. The molecule has 0 unspecified atom stereocenters. The van der Waals surface area contributed by atoms with Crippen LogP contribution in [0.4, 0.5) is 10.1 Å². The summed E-state index contributed by atoms with van der Waals surface area (Å²) in [4.78, 5) is 22.4. The molecule has 6 nitrogen and oxygen atoms in total. The van der Waals surface area contributed by atoms with Gasteiger partial charge in [0.05, 0.1) is 5.69 Å². The summed E-state index contributed by atoms with van der Waals surface area (Å²) in [5.41, 5.74) is 4.38. The molecule has 11 heteroatoms. The Hall–Kier alpha value is -2.03. The van der Waals surface area contributed by atoms with E-state index in [1.807, 2.05) is 23.6 Å². The van der Waals surface area contributed by atoms with E-state index in [2.05, 4.69) is 40.0 Å². The number of piperazine rings is 1. The maximum Gasteiger partial charge on any atom is 0.271 e. The number of rotatable bonds is 9. The smallest absolute Gasteiger partial charge is 0.271 e. The van der Waals surface area contributed by atoms with Crippen molar-refractivity contribution in [2.24, 2.45) is 0 Å². The molecule has 0 bridgehead atoms. The van der Waals surface area contributed by atoms with Crippen molar-refractivity contribution in [3.05, 3.63) is 76.1 Å². The van der Waals surface area contributed by atoms with Gasteiger partial charge < -0.3 is 14.8 Å². The lowest BCUT2D eigenvalue weighted by atomic mass is 10.1. The first kappa shape index (κ1) is 35.0. The molecule has 1 aliphatic rings. The highest BCUT2D eigenvalue weighted by atomic mass is 35.5. The van der Waals surface area contributed by atoms with Crippen molar-refractivity contribution < 1.29 is 9.18 Å². The number of hydrogen-bond acceptors (Lipinski definition) is 4. The lowest BCUT2D eigenvalue weighted by Crippen LogP contribution is -2.47. The Kier molecular flexibility index (Phi) is 14.6. The van der Waals surface area contributed by atoms with Gasteiger partial charge in [-0.05, 0) is 75.2 Å². The molecule has 3 aromatic rings. The SMILES string of the molecule is CCCc1nc(C(=O)NCCCN2CCN(c3cccc(Cl)c3C)CC2)c(C)n1-c1ccc(F)cc1.Cl.Cl.Cl. The number of aryl methyl sites for hydroxylation is 1. The van der Waals surface area contributed by atoms with Crippen molar-refractivity contribution in [1.82, 2.24) is 19.8 Å². The minimum absolute atomic E-state index is 0. The molecule has 1 aromatic heterocycles. The minimum atomic E-state index is -0.285. The van der Waals surface area contributed by atoms with Gasteiger partial charge in [0.1, 0.15) is 17.3 Å². The van der Waals surface area contributed by atoms with E-state index in [1.165, 1.54) is 17.8 Å². The summed E-state index contributed by atoms with van der Waals surface area (Å²) in [7, 11) is 0. The average Bonchev–Trinajstić information content (AvgIpc) is 3.20. The summed E-state index contributed by atoms with van der Waals surface area (Å²) in [6.07, 6.45) is 2.52. The summed E-state index contributed by atoms with van der Waals surface area (Å²) < 4.78 is 15.4. The number of hydrogen-bond donors (Lipinski definition) is 1. The predicted molar refractivity (Wildman–Crippen MR) is 166 cm³/mol. The second-order valence-electron chi connectivity index (χ2n) is 9.35. The molecule has 1 amide bonds. The van der Waals surface area contributed by atoms with E-state index in [0.717, 1.165) is 79.8 Å². The Morgan fingerprint density at radius 1 is 1.03 bits per heavy atom. The molecule has 2 heterocycles. The van der Waals surface area contributed by atoms with E-state index in [1.54, 1.807) is 12.1 Å². The molecule has 0 aliphatic carbocycles. The number of amides is 1. The maximum absolute atomic E-state index is 13.4. The highest BCUT2D eigenvalue weighted by Crippen LogP contribution is 2.27. The van der Waals surface area contributed by atoms with Crippen LogP contribution in [0.5, 0.6) is 0 Å². The van der Waals surface area contributed by atoms with Gasteiger partial charge in [-0.25, -0.2) is 9.37 Å². The summed E-state index contributed by atoms with van der Waals surface area (Å²) >= 11 is 6.30. The average molecular weight is 621 g/mol. The fourth-order valence-electron chi connectivity index (χ4n) is 4.84. The van der Waals surface area contributed by atoms with E-state index in [9.17, 15) is 9.18 Å². The van der Waals surface area contributed by atoms with Gasteiger partial charge in [-0.1, -0.05) is 24.6 Å². The maximum atomic E-state index is 13.4. The molecule has 0 spiro atoms. The second-order valence-corrected chi connectivity index (χ2v) is 9.75. The quantitative estimate of drug-likeness (QED) is 0.280. The Balaban J connectivity index is 0.00000253. The summed E-state index contributed by atoms with van der Waals surface area (Å²) in [5, 5.41) is 3.85. The predicted octanol–water partition coefficient (Wildman–Crippen LogP) is 6.44. The molecule has 1 aliphatic heterocycles. The topological polar surface area (TPSA) is 53.4 Å². The number of carbonyl (C=O) groups is 1. The van der Waals surface area contributed by atoms with E-state index in [4.69, 9.17) is 11.6 Å². The molecule has 4 rings (SSSR count). The Morgan fingerprint density at radius 3 is 2.33 bits per heavy atom. The minimum Gasteiger partial charge on any atom is -0.369 e. The van der Waals surface area contributed by atoms with Gasteiger partial charge in [-0.3, -0.25) is 9.69 Å². The van der Waals surface area contributed by atoms with Crippen molar-refractivity contribution in [3.63, 3.8) is 0 Å². The third kappa shape index (κ3) is 8.48. The lowest BCUT2D eigenvalue weighted by Gasteiger charge is -2.37. The highest BCUT2D eigenvalue weighted by Gasteiger charge is 2.21. The molecule has 2 aromatic carbocycles. The number of benzene rings is 2. The van der Waals surface area contributed by atoms with Crippen LogP contribution in [0.1, 0.15) is 47.3 Å². The first-order valence-electron chi connectivity index (χ1n) is 12.7. The van der Waals surface area contributed by atoms with E-state index in [0.29, 0.717) is 12.2 Å². The van der Waals surface area contributed by atoms with Crippen LogP contribution >= 0.6 is 48.8 Å². The number of nitrogens with one attached hydrogen (secondary N) is 1. The summed E-state index contributed by atoms with van der Waals surface area (Å²) in [6.45, 7) is 11.5. The third-order valence-corrected chi connectivity index (χ3v) is 7.25. The standard InChI is InChI=1S/C28H35ClFN5O.3ClH/c1-4-7-26-32-27(21(3)35(26)23-12-10-22(30)11-13-23)28(36)31-14-6-15-33-16-18-34(19-17-33)25-9-5-8-24(29)20(25)2;;;/h5,8-13H,4,6-7,14-19H2,1-3H3,(H,31,36);3*1H. The second kappa shape index (κ2) is 16.3. The van der Waals surface area contributed by atoms with Crippen LogP contribution in [0.3, 0.4) is 0 Å². The Morgan fingerprint density at radius 2 is 1.69 bits per heavy atom. The van der Waals surface area contributed by atoms with Gasteiger partial charge in [0.25, 0.3) is 5.91 Å². The van der Waals surface area contributed by atoms with E-state index >= 15 is 0 Å². The number of halogens is 5. The lowest BCUT2D eigenvalue weighted by molar-refractivity contribution is 0.0946. The number of imidazole rings is 1. The largest absolute Gasteiger partial charge is 0.369 e. The molecule has 39 heavy (non-hydrogen) atoms. The monoisotopic (exact) mass is 619 g/mol. The van der Waals surface area contributed by atoms with Crippen LogP contribution in [0.25, 0.3) is 5.69 Å². The number of aromatic nitrogens is 2. The van der Waals surface area contributed by atoms with Crippen molar-refractivity contribution >= 4 is 60.4 Å². The third-order valence-electron chi connectivity index (χ3n) is 6.84. The van der Waals surface area contributed by atoms with Crippen molar-refractivity contribution in [3.8, 4) is 5.69 Å². The molecule has 216 valence electrons. The Labute approximate surface area is 254 Å². The molecule has 1 fully saturated rings. The molecule has 0 atom stereocenters. The van der Waals surface area contributed by atoms with Crippen molar-refractivity contribution in [1.29, 1.82) is 0 Å². The van der Waals surface area contributed by atoms with Gasteiger partial charge in [0, 0.05) is 55.5 Å². The zero-order chi connectivity index (χ0) is 25.7. The van der Waals surface area contributed by atoms with Gasteiger partial charge in [-0.2, -0.15) is 0 Å². The fraction of sp³-hybridized carbons (Fsp3) is 0.429. The number of carbonyl (C=O) groups excluding carboxylic acids is 1. The summed E-state index contributed by atoms with van der Waals surface area (Å²) in [6, 6.07) is 12.4. The molecule has 0 saturated carbocycles. The van der Waals surface area contributed by atoms with Gasteiger partial charge in [0.15, 0.2) is 0 Å². The molecular formula is C28H38Cl4FN5O. The van der Waals surface area contributed by atoms with Crippen LogP contribution < -0.4 is 10.2 Å². The number of nitrogens with zero attached hydrogens (tertiary/aromatic N) is 4. The van der Waals surface area contributed by atoms with Crippen LogP contribution in [0.15, 0.2) is 42.5 Å². The van der Waals surface area contributed by atoms with Crippen LogP contribution in [0, 0.1) is 19.7 Å². The molecule has 0 radical (unpaired) electrons. The van der Waals surface area contributed by atoms with Gasteiger partial charge >= 0.3 is 0 Å². The van der Waals surface area contributed by atoms with Crippen LogP contribution in [-0.4, -0.2) is 59.6 Å². The highest BCUT2D eigenvalue weighted by molar-refractivity contribution is 6.31. The van der Waals surface area contributed by atoms with Crippen molar-refractivity contribution in [2.45, 2.75) is 40.0 Å². The van der Waals surface area contributed by atoms with Gasteiger partial charge in [0.2, 0.25) is 0 Å². The van der Waals surface area contributed by atoms with E-state index in [-0.39, 0.29) is 48.9 Å². The zero-order valence-corrected chi connectivity index (χ0v) is 25.8. The normalized spacial score (nSPS) is 13.2. The van der Waals surface area contributed by atoms with Crippen LogP contribution in [-0.2, 0) is 6.42 Å². The van der Waals surface area contributed by atoms with Crippen LogP contribution in [0.2, 0.25) is 5.02 Å². The first-order chi connectivity index (χ1) is 17.4. The number of anilines is 1. The van der Waals surface area contributed by atoms with E-state index < -0.39 is 0 Å². The summed E-state index contributed by atoms with van der Waals surface area (Å²) in [5.74, 6) is 0.374. The first-order valence-corrected chi connectivity index (χ1v) is 13.1. The molecular weight excluding hydrogens is 583 g/mol. The Bertz CT molecular complexity index is 1200. The molecule has 1 N–H and O–H groups in total. The fourth-order valence-corrected chi connectivity index (χ4v) is 5.01.